The van der Waals surface area contributed by atoms with Gasteiger partial charge in [-0.05, 0) is 6.92 Å². The van der Waals surface area contributed by atoms with Crippen LogP contribution in [-0.4, -0.2) is 54.6 Å². The Morgan fingerprint density at radius 2 is 1.26 bits per heavy atom. The van der Waals surface area contributed by atoms with E-state index in [0.717, 1.165) is 20.8 Å². The topological polar surface area (TPSA) is 114 Å². The third kappa shape index (κ3) is 5.51. The summed E-state index contributed by atoms with van der Waals surface area (Å²) >= 11 is 0. The Labute approximate surface area is 133 Å². The molecule has 0 N–H and O–H groups in total. The second kappa shape index (κ2) is 7.91. The lowest BCUT2D eigenvalue weighted by molar-refractivity contribution is -0.200. The van der Waals surface area contributed by atoms with Crippen LogP contribution in [0.2, 0.25) is 0 Å². The van der Waals surface area contributed by atoms with E-state index in [-0.39, 0.29) is 0 Å². The van der Waals surface area contributed by atoms with Gasteiger partial charge in [-0.1, -0.05) is 0 Å². The van der Waals surface area contributed by atoms with E-state index in [1.165, 1.54) is 13.8 Å². The van der Waals surface area contributed by atoms with Crippen LogP contribution in [0, 0.1) is 0 Å². The molecule has 0 spiro atoms. The molecule has 0 bridgehead atoms. The summed E-state index contributed by atoms with van der Waals surface area (Å²) in [6.45, 7) is 6.19. The lowest BCUT2D eigenvalue weighted by Crippen LogP contribution is -2.44. The van der Waals surface area contributed by atoms with E-state index in [0.29, 0.717) is 0 Å². The monoisotopic (exact) mass is 332 g/mol. The number of esters is 4. The molecule has 130 valence electrons. The minimum Gasteiger partial charge on any atom is -0.460 e. The highest BCUT2D eigenvalue weighted by Crippen LogP contribution is 2.31. The van der Waals surface area contributed by atoms with Crippen molar-refractivity contribution in [2.75, 3.05) is 0 Å². The van der Waals surface area contributed by atoms with Crippen LogP contribution in [0.5, 0.6) is 0 Å². The SMILES string of the molecule is CC(=O)O[C@@H]1O[C@H]([C@@H](C)OC(C)=O)[C@@H](OC(C)=O)[C@H]1OC(C)=O. The molecule has 1 fully saturated rings. The molecule has 1 aliphatic heterocycles. The molecule has 0 aromatic rings. The van der Waals surface area contributed by atoms with Gasteiger partial charge in [0, 0.05) is 27.7 Å². The molecule has 1 saturated heterocycles. The number of carbonyl (C=O) groups is 4. The normalized spacial score (nSPS) is 27.7. The summed E-state index contributed by atoms with van der Waals surface area (Å²) < 4.78 is 25.6. The maximum atomic E-state index is 11.3. The van der Waals surface area contributed by atoms with Crippen LogP contribution in [0.15, 0.2) is 0 Å². The van der Waals surface area contributed by atoms with E-state index in [2.05, 4.69) is 0 Å². The summed E-state index contributed by atoms with van der Waals surface area (Å²) in [5.41, 5.74) is 0. The zero-order valence-electron chi connectivity index (χ0n) is 13.6. The van der Waals surface area contributed by atoms with Crippen molar-refractivity contribution in [2.45, 2.75) is 65.3 Å². The first-order valence-electron chi connectivity index (χ1n) is 6.96. The van der Waals surface area contributed by atoms with E-state index in [1.54, 1.807) is 0 Å². The highest BCUT2D eigenvalue weighted by atomic mass is 16.8. The first-order valence-corrected chi connectivity index (χ1v) is 6.96. The van der Waals surface area contributed by atoms with Crippen molar-refractivity contribution >= 4 is 23.9 Å². The van der Waals surface area contributed by atoms with Gasteiger partial charge in [0.25, 0.3) is 0 Å². The minimum absolute atomic E-state index is 0.567. The first kappa shape index (κ1) is 18.9. The van der Waals surface area contributed by atoms with Crippen molar-refractivity contribution < 1.29 is 42.9 Å². The molecule has 0 radical (unpaired) electrons. The molecule has 0 saturated carbocycles. The van der Waals surface area contributed by atoms with Crippen LogP contribution in [0.1, 0.15) is 34.6 Å². The molecule has 0 aromatic carbocycles. The summed E-state index contributed by atoms with van der Waals surface area (Å²) in [6.07, 6.45) is -5.31. The Kier molecular flexibility index (Phi) is 6.49. The van der Waals surface area contributed by atoms with Gasteiger partial charge >= 0.3 is 23.9 Å². The number of hydrogen-bond acceptors (Lipinski definition) is 9. The Morgan fingerprint density at radius 1 is 0.783 bits per heavy atom. The van der Waals surface area contributed by atoms with Gasteiger partial charge in [0.05, 0.1) is 0 Å². The van der Waals surface area contributed by atoms with Gasteiger partial charge < -0.3 is 23.7 Å². The third-order valence-electron chi connectivity index (χ3n) is 2.91. The molecule has 1 aliphatic rings. The molecule has 9 nitrogen and oxygen atoms in total. The second-order valence-electron chi connectivity index (χ2n) is 5.04. The van der Waals surface area contributed by atoms with Crippen LogP contribution >= 0.6 is 0 Å². The molecular formula is C14H20O9. The second-order valence-corrected chi connectivity index (χ2v) is 5.04. The summed E-state index contributed by atoms with van der Waals surface area (Å²) in [6, 6.07) is 0. The fraction of sp³-hybridized carbons (Fsp3) is 0.714. The van der Waals surface area contributed by atoms with Gasteiger partial charge in [-0.2, -0.15) is 0 Å². The van der Waals surface area contributed by atoms with Gasteiger partial charge in [-0.25, -0.2) is 0 Å². The summed E-state index contributed by atoms with van der Waals surface area (Å²) in [5.74, 6) is -2.56. The van der Waals surface area contributed by atoms with Gasteiger partial charge in [0.1, 0.15) is 12.2 Å². The van der Waals surface area contributed by atoms with Crippen molar-refractivity contribution in [3.05, 3.63) is 0 Å². The Hall–Kier alpha value is -2.16. The zero-order chi connectivity index (χ0) is 17.7. The van der Waals surface area contributed by atoms with Crippen LogP contribution in [0.3, 0.4) is 0 Å². The Morgan fingerprint density at radius 3 is 1.70 bits per heavy atom. The van der Waals surface area contributed by atoms with Gasteiger partial charge in [-0.15, -0.1) is 0 Å². The molecule has 1 rings (SSSR count). The Balaban J connectivity index is 3.06. The molecule has 0 unspecified atom stereocenters. The van der Waals surface area contributed by atoms with Crippen LogP contribution < -0.4 is 0 Å². The number of rotatable bonds is 5. The van der Waals surface area contributed by atoms with E-state index in [1.807, 2.05) is 0 Å². The van der Waals surface area contributed by atoms with E-state index >= 15 is 0 Å². The first-order chi connectivity index (χ1) is 10.6. The van der Waals surface area contributed by atoms with Crippen LogP contribution in [0.4, 0.5) is 0 Å². The number of ether oxygens (including phenoxy) is 5. The van der Waals surface area contributed by atoms with Crippen molar-refractivity contribution in [1.82, 2.24) is 0 Å². The molecule has 0 aromatic heterocycles. The maximum Gasteiger partial charge on any atom is 0.305 e. The van der Waals surface area contributed by atoms with Crippen molar-refractivity contribution in [2.24, 2.45) is 0 Å². The quantitative estimate of drug-likeness (QED) is 0.510. The third-order valence-corrected chi connectivity index (χ3v) is 2.91. The average molecular weight is 332 g/mol. The Bertz CT molecular complexity index is 487. The van der Waals surface area contributed by atoms with Gasteiger partial charge in [0.15, 0.2) is 6.10 Å². The largest absolute Gasteiger partial charge is 0.460 e. The average Bonchev–Trinajstić information content (AvgIpc) is 2.65. The highest BCUT2D eigenvalue weighted by Gasteiger charge is 2.53. The van der Waals surface area contributed by atoms with Crippen LogP contribution in [0.25, 0.3) is 0 Å². The minimum atomic E-state index is -1.27. The van der Waals surface area contributed by atoms with Crippen molar-refractivity contribution in [1.29, 1.82) is 0 Å². The fourth-order valence-corrected chi connectivity index (χ4v) is 2.26. The van der Waals surface area contributed by atoms with E-state index in [4.69, 9.17) is 23.7 Å². The predicted molar refractivity (Wildman–Crippen MR) is 72.8 cm³/mol. The highest BCUT2D eigenvalue weighted by molar-refractivity contribution is 5.68. The molecular weight excluding hydrogens is 312 g/mol. The predicted octanol–water partition coefficient (Wildman–Crippen LogP) is 0.0894. The van der Waals surface area contributed by atoms with Crippen molar-refractivity contribution in [3.8, 4) is 0 Å². The summed E-state index contributed by atoms with van der Waals surface area (Å²) in [5, 5.41) is 0. The molecule has 5 atom stereocenters. The maximum absolute atomic E-state index is 11.3. The van der Waals surface area contributed by atoms with E-state index < -0.39 is 54.6 Å². The summed E-state index contributed by atoms with van der Waals surface area (Å²) in [7, 11) is 0. The molecule has 23 heavy (non-hydrogen) atoms. The molecule has 1 heterocycles. The smallest absolute Gasteiger partial charge is 0.305 e. The molecule has 0 aliphatic carbocycles. The summed E-state index contributed by atoms with van der Waals surface area (Å²) in [4.78, 5) is 44.9. The van der Waals surface area contributed by atoms with Gasteiger partial charge in [-0.3, -0.25) is 19.2 Å². The number of hydrogen-bond donors (Lipinski definition) is 0. The fourth-order valence-electron chi connectivity index (χ4n) is 2.26. The molecule has 0 amide bonds. The van der Waals surface area contributed by atoms with Gasteiger partial charge in [0.2, 0.25) is 12.4 Å². The molecule has 9 heteroatoms. The lowest BCUT2D eigenvalue weighted by Gasteiger charge is -2.25. The standard InChI is InChI=1S/C14H20O9/c1-6(19-7(2)15)11-12(20-8(3)16)13(21-9(4)17)14(23-11)22-10(5)18/h6,11-14H,1-5H3/t6-,11-,12-,13-,14-/m1/s1. The van der Waals surface area contributed by atoms with Crippen LogP contribution in [-0.2, 0) is 42.9 Å². The number of carbonyl (C=O) groups excluding carboxylic acids is 4. The lowest BCUT2D eigenvalue weighted by atomic mass is 10.1. The van der Waals surface area contributed by atoms with E-state index in [9.17, 15) is 19.2 Å². The van der Waals surface area contributed by atoms with Crippen molar-refractivity contribution in [3.63, 3.8) is 0 Å². The zero-order valence-corrected chi connectivity index (χ0v) is 13.6.